The Kier molecular flexibility index (Phi) is 4.17. The zero-order valence-corrected chi connectivity index (χ0v) is 12.9. The first-order valence-corrected chi connectivity index (χ1v) is 8.32. The van der Waals surface area contributed by atoms with Gasteiger partial charge < -0.3 is 0 Å². The summed E-state index contributed by atoms with van der Waals surface area (Å²) in [7, 11) is -3.48. The summed E-state index contributed by atoms with van der Waals surface area (Å²) in [4.78, 5) is 0.268. The molecule has 0 aliphatic carbocycles. The lowest BCUT2D eigenvalue weighted by Gasteiger charge is -2.40. The van der Waals surface area contributed by atoms with Crippen molar-refractivity contribution in [2.24, 2.45) is 11.8 Å². The first-order valence-electron chi connectivity index (χ1n) is 6.88. The third kappa shape index (κ3) is 2.72. The highest BCUT2D eigenvalue weighted by molar-refractivity contribution is 7.89. The minimum Gasteiger partial charge on any atom is -0.207 e. The van der Waals surface area contributed by atoms with Crippen LogP contribution >= 0.6 is 0 Å². The van der Waals surface area contributed by atoms with Gasteiger partial charge in [-0.15, -0.1) is 0 Å². The van der Waals surface area contributed by atoms with Crippen LogP contribution in [0.25, 0.3) is 0 Å². The summed E-state index contributed by atoms with van der Waals surface area (Å²) >= 11 is 0. The van der Waals surface area contributed by atoms with E-state index in [1.165, 1.54) is 12.1 Å². The molecule has 1 aliphatic heterocycles. The Bertz CT molecular complexity index is 616. The second-order valence-corrected chi connectivity index (χ2v) is 7.66. The summed E-state index contributed by atoms with van der Waals surface area (Å²) in [5, 5.41) is 8.78. The van der Waals surface area contributed by atoms with Gasteiger partial charge in [0.2, 0.25) is 10.0 Å². The molecule has 0 radical (unpaired) electrons. The van der Waals surface area contributed by atoms with Crippen molar-refractivity contribution in [3.63, 3.8) is 0 Å². The van der Waals surface area contributed by atoms with E-state index < -0.39 is 10.0 Å². The maximum absolute atomic E-state index is 12.7. The molecule has 2 rings (SSSR count). The lowest BCUT2D eigenvalue weighted by molar-refractivity contribution is 0.157. The van der Waals surface area contributed by atoms with Crippen LogP contribution in [0.1, 0.15) is 32.8 Å². The zero-order chi connectivity index (χ0) is 14.9. The van der Waals surface area contributed by atoms with E-state index in [9.17, 15) is 8.42 Å². The molecule has 5 heteroatoms. The SMILES string of the molecule is CC1CC(C)C(C)N(S(=O)(=O)c2ccc(C#N)cc2)C1. The van der Waals surface area contributed by atoms with Gasteiger partial charge in [-0.05, 0) is 49.4 Å². The number of piperidine rings is 1. The summed E-state index contributed by atoms with van der Waals surface area (Å²) in [6, 6.07) is 8.14. The number of benzene rings is 1. The lowest BCUT2D eigenvalue weighted by Crippen LogP contribution is -2.48. The fourth-order valence-electron chi connectivity index (χ4n) is 2.82. The number of hydrogen-bond acceptors (Lipinski definition) is 3. The number of hydrogen-bond donors (Lipinski definition) is 0. The molecule has 1 heterocycles. The second-order valence-electron chi connectivity index (χ2n) is 5.77. The topological polar surface area (TPSA) is 61.2 Å². The first kappa shape index (κ1) is 15.0. The first-order chi connectivity index (χ1) is 9.36. The molecule has 0 bridgehead atoms. The third-order valence-electron chi connectivity index (χ3n) is 4.13. The van der Waals surface area contributed by atoms with Crippen LogP contribution in [0.5, 0.6) is 0 Å². The molecule has 4 nitrogen and oxygen atoms in total. The summed E-state index contributed by atoms with van der Waals surface area (Å²) in [6.45, 7) is 6.72. The molecule has 0 amide bonds. The van der Waals surface area contributed by atoms with E-state index >= 15 is 0 Å². The van der Waals surface area contributed by atoms with Gasteiger partial charge in [-0.2, -0.15) is 9.57 Å². The highest BCUT2D eigenvalue weighted by Gasteiger charge is 2.37. The summed E-state index contributed by atoms with van der Waals surface area (Å²) in [5.41, 5.74) is 0.470. The Morgan fingerprint density at radius 1 is 1.20 bits per heavy atom. The fraction of sp³-hybridized carbons (Fsp3) is 0.533. The van der Waals surface area contributed by atoms with Crippen molar-refractivity contribution in [1.82, 2.24) is 4.31 Å². The molecular weight excluding hydrogens is 272 g/mol. The van der Waals surface area contributed by atoms with Crippen LogP contribution in [-0.2, 0) is 10.0 Å². The number of nitrogens with zero attached hydrogens (tertiary/aromatic N) is 2. The van der Waals surface area contributed by atoms with E-state index in [1.807, 2.05) is 13.0 Å². The smallest absolute Gasteiger partial charge is 0.207 e. The van der Waals surface area contributed by atoms with Gasteiger partial charge in [0.15, 0.2) is 0 Å². The second kappa shape index (κ2) is 5.55. The fourth-order valence-corrected chi connectivity index (χ4v) is 4.66. The molecular formula is C15H20N2O2S. The van der Waals surface area contributed by atoms with Crippen LogP contribution in [0.15, 0.2) is 29.2 Å². The molecule has 0 aromatic heterocycles. The van der Waals surface area contributed by atoms with Gasteiger partial charge >= 0.3 is 0 Å². The van der Waals surface area contributed by atoms with Crippen LogP contribution in [0.2, 0.25) is 0 Å². The molecule has 1 aromatic rings. The van der Waals surface area contributed by atoms with Crippen LogP contribution in [0, 0.1) is 23.2 Å². The quantitative estimate of drug-likeness (QED) is 0.841. The predicted molar refractivity (Wildman–Crippen MR) is 77.5 cm³/mol. The molecule has 1 fully saturated rings. The van der Waals surface area contributed by atoms with Crippen LogP contribution < -0.4 is 0 Å². The molecule has 3 unspecified atom stereocenters. The van der Waals surface area contributed by atoms with Gasteiger partial charge in [0.1, 0.15) is 0 Å². The number of sulfonamides is 1. The minimum atomic E-state index is -3.48. The van der Waals surface area contributed by atoms with Crippen molar-refractivity contribution in [2.45, 2.75) is 38.1 Å². The maximum Gasteiger partial charge on any atom is 0.243 e. The molecule has 0 saturated carbocycles. The van der Waals surface area contributed by atoms with Gasteiger partial charge in [-0.25, -0.2) is 8.42 Å². The molecule has 0 spiro atoms. The van der Waals surface area contributed by atoms with E-state index in [4.69, 9.17) is 5.26 Å². The van der Waals surface area contributed by atoms with Gasteiger partial charge in [0.25, 0.3) is 0 Å². The predicted octanol–water partition coefficient (Wildman–Crippen LogP) is 2.61. The Labute approximate surface area is 121 Å². The van der Waals surface area contributed by atoms with Crippen LogP contribution in [0.3, 0.4) is 0 Å². The standard InChI is InChI=1S/C15H20N2O2S/c1-11-8-12(2)13(3)17(10-11)20(18,19)15-6-4-14(9-16)5-7-15/h4-7,11-13H,8,10H2,1-3H3. The minimum absolute atomic E-state index is 0.00634. The van der Waals surface area contributed by atoms with Crippen molar-refractivity contribution in [2.75, 3.05) is 6.54 Å². The highest BCUT2D eigenvalue weighted by atomic mass is 32.2. The van der Waals surface area contributed by atoms with Crippen molar-refractivity contribution in [3.8, 4) is 6.07 Å². The number of rotatable bonds is 2. The molecule has 108 valence electrons. The van der Waals surface area contributed by atoms with E-state index in [-0.39, 0.29) is 10.9 Å². The van der Waals surface area contributed by atoms with Crippen molar-refractivity contribution in [3.05, 3.63) is 29.8 Å². The van der Waals surface area contributed by atoms with E-state index in [0.717, 1.165) is 6.42 Å². The molecule has 1 saturated heterocycles. The van der Waals surface area contributed by atoms with Crippen molar-refractivity contribution < 1.29 is 8.42 Å². The Morgan fingerprint density at radius 2 is 1.80 bits per heavy atom. The maximum atomic E-state index is 12.7. The highest BCUT2D eigenvalue weighted by Crippen LogP contribution is 2.31. The van der Waals surface area contributed by atoms with Gasteiger partial charge in [0, 0.05) is 12.6 Å². The monoisotopic (exact) mass is 292 g/mol. The number of nitriles is 1. The zero-order valence-electron chi connectivity index (χ0n) is 12.1. The molecule has 20 heavy (non-hydrogen) atoms. The van der Waals surface area contributed by atoms with Gasteiger partial charge in [-0.3, -0.25) is 0 Å². The van der Waals surface area contributed by atoms with Crippen LogP contribution in [0.4, 0.5) is 0 Å². The summed E-state index contributed by atoms with van der Waals surface area (Å²) < 4.78 is 27.1. The van der Waals surface area contributed by atoms with Crippen molar-refractivity contribution >= 4 is 10.0 Å². The Balaban J connectivity index is 2.35. The lowest BCUT2D eigenvalue weighted by atomic mass is 9.88. The summed E-state index contributed by atoms with van der Waals surface area (Å²) in [6.07, 6.45) is 1.06. The van der Waals surface area contributed by atoms with Gasteiger partial charge in [0.05, 0.1) is 16.5 Å². The summed E-state index contributed by atoms with van der Waals surface area (Å²) in [5.74, 6) is 0.723. The van der Waals surface area contributed by atoms with Crippen molar-refractivity contribution in [1.29, 1.82) is 5.26 Å². The van der Waals surface area contributed by atoms with E-state index in [2.05, 4.69) is 13.8 Å². The molecule has 3 atom stereocenters. The molecule has 1 aromatic carbocycles. The van der Waals surface area contributed by atoms with Crippen LogP contribution in [-0.4, -0.2) is 25.3 Å². The normalized spacial score (nSPS) is 28.0. The molecule has 1 aliphatic rings. The van der Waals surface area contributed by atoms with E-state index in [1.54, 1.807) is 16.4 Å². The van der Waals surface area contributed by atoms with Gasteiger partial charge in [-0.1, -0.05) is 13.8 Å². The molecule has 0 N–H and O–H groups in total. The average molecular weight is 292 g/mol. The Hall–Kier alpha value is -1.38. The average Bonchev–Trinajstić information content (AvgIpc) is 2.42. The third-order valence-corrected chi connectivity index (χ3v) is 6.10. The Morgan fingerprint density at radius 3 is 2.35 bits per heavy atom. The van der Waals surface area contributed by atoms with E-state index in [0.29, 0.717) is 23.9 Å². The largest absolute Gasteiger partial charge is 0.243 e.